The average Bonchev–Trinajstić information content (AvgIpc) is 2.29. The molecule has 13 heavy (non-hydrogen) atoms. The molecule has 2 rings (SSSR count). The normalized spacial score (nSPS) is 22.4. The Bertz CT molecular complexity index is 302. The molecule has 1 unspecified atom stereocenters. The van der Waals surface area contributed by atoms with Crippen molar-refractivity contribution in [2.45, 2.75) is 31.8 Å². The van der Waals surface area contributed by atoms with E-state index in [2.05, 4.69) is 15.9 Å². The summed E-state index contributed by atoms with van der Waals surface area (Å²) < 4.78 is 1.05. The maximum absolute atomic E-state index is 10.4. The average molecular weight is 261 g/mol. The smallest absolute Gasteiger partial charge is 0.0999 e. The van der Waals surface area contributed by atoms with Crippen molar-refractivity contribution in [1.82, 2.24) is 0 Å². The van der Waals surface area contributed by atoms with Crippen LogP contribution in [0.5, 0.6) is 0 Å². The third-order valence-electron chi connectivity index (χ3n) is 2.98. The van der Waals surface area contributed by atoms with E-state index < -0.39 is 5.60 Å². The zero-order valence-electron chi connectivity index (χ0n) is 7.59. The van der Waals surface area contributed by atoms with Crippen LogP contribution in [0.2, 0.25) is 0 Å². The van der Waals surface area contributed by atoms with Crippen LogP contribution < -0.4 is 0 Å². The van der Waals surface area contributed by atoms with E-state index in [1.54, 1.807) is 11.3 Å². The molecule has 3 heteroatoms. The Morgan fingerprint density at radius 3 is 2.69 bits per heavy atom. The van der Waals surface area contributed by atoms with Crippen molar-refractivity contribution in [3.8, 4) is 0 Å². The zero-order valence-corrected chi connectivity index (χ0v) is 9.99. The zero-order chi connectivity index (χ0) is 9.47. The molecule has 72 valence electrons. The van der Waals surface area contributed by atoms with Crippen LogP contribution in [0.1, 0.15) is 31.1 Å². The minimum atomic E-state index is -0.620. The van der Waals surface area contributed by atoms with E-state index in [1.807, 2.05) is 18.4 Å². The molecule has 0 aliphatic heterocycles. The minimum absolute atomic E-state index is 0.461. The Labute approximate surface area is 90.9 Å². The first-order chi connectivity index (χ1) is 6.12. The van der Waals surface area contributed by atoms with Crippen molar-refractivity contribution in [1.29, 1.82) is 0 Å². The molecule has 1 heterocycles. The highest BCUT2D eigenvalue weighted by molar-refractivity contribution is 9.10. The third-order valence-corrected chi connectivity index (χ3v) is 5.04. The van der Waals surface area contributed by atoms with Gasteiger partial charge in [-0.15, -0.1) is 11.3 Å². The van der Waals surface area contributed by atoms with Gasteiger partial charge in [-0.2, -0.15) is 0 Å². The van der Waals surface area contributed by atoms with Crippen LogP contribution in [0, 0.1) is 5.92 Å². The van der Waals surface area contributed by atoms with E-state index >= 15 is 0 Å². The summed E-state index contributed by atoms with van der Waals surface area (Å²) in [6.07, 6.45) is 3.60. The fourth-order valence-corrected chi connectivity index (χ4v) is 3.73. The van der Waals surface area contributed by atoms with E-state index in [0.717, 1.165) is 22.2 Å². The lowest BCUT2D eigenvalue weighted by atomic mass is 9.73. The van der Waals surface area contributed by atoms with Crippen LogP contribution in [0.25, 0.3) is 0 Å². The quantitative estimate of drug-likeness (QED) is 0.863. The standard InChI is InChI=1S/C10H13BrOS/c1-10(12,7-3-2-4-7)9-8(11)5-6-13-9/h5-7,12H,2-4H2,1H3. The third kappa shape index (κ3) is 1.58. The van der Waals surface area contributed by atoms with Gasteiger partial charge in [0.25, 0.3) is 0 Å². The van der Waals surface area contributed by atoms with Gasteiger partial charge in [0.1, 0.15) is 0 Å². The van der Waals surface area contributed by atoms with Crippen LogP contribution in [0.15, 0.2) is 15.9 Å². The van der Waals surface area contributed by atoms with E-state index in [0.29, 0.717) is 5.92 Å². The number of thiophene rings is 1. The first-order valence-electron chi connectivity index (χ1n) is 4.58. The second kappa shape index (κ2) is 3.37. The Hall–Kier alpha value is 0.140. The van der Waals surface area contributed by atoms with Crippen molar-refractivity contribution in [3.05, 3.63) is 20.8 Å². The molecule has 0 saturated heterocycles. The summed E-state index contributed by atoms with van der Waals surface area (Å²) in [4.78, 5) is 1.08. The van der Waals surface area contributed by atoms with Crippen molar-refractivity contribution in [2.24, 2.45) is 5.92 Å². The predicted octanol–water partition coefficient (Wildman–Crippen LogP) is 3.52. The summed E-state index contributed by atoms with van der Waals surface area (Å²) in [5.74, 6) is 0.461. The van der Waals surface area contributed by atoms with Crippen LogP contribution in [-0.2, 0) is 5.60 Å². The number of hydrogen-bond acceptors (Lipinski definition) is 2. The fourth-order valence-electron chi connectivity index (χ4n) is 1.81. The van der Waals surface area contributed by atoms with Gasteiger partial charge in [0.2, 0.25) is 0 Å². The lowest BCUT2D eigenvalue weighted by Gasteiger charge is -2.38. The Kier molecular flexibility index (Phi) is 2.51. The molecule has 1 N–H and O–H groups in total. The van der Waals surface area contributed by atoms with Gasteiger partial charge in [-0.3, -0.25) is 0 Å². The molecule has 1 nitrogen and oxygen atoms in total. The lowest BCUT2D eigenvalue weighted by Crippen LogP contribution is -2.35. The molecule has 0 amide bonds. The van der Waals surface area contributed by atoms with Crippen molar-refractivity contribution < 1.29 is 5.11 Å². The minimum Gasteiger partial charge on any atom is -0.384 e. The van der Waals surface area contributed by atoms with Gasteiger partial charge in [-0.25, -0.2) is 0 Å². The highest BCUT2D eigenvalue weighted by atomic mass is 79.9. The van der Waals surface area contributed by atoms with E-state index in [1.165, 1.54) is 6.42 Å². The molecule has 0 aromatic carbocycles. The maximum Gasteiger partial charge on any atom is 0.0999 e. The summed E-state index contributed by atoms with van der Waals surface area (Å²) >= 11 is 5.11. The van der Waals surface area contributed by atoms with E-state index in [9.17, 15) is 5.11 Å². The number of hydrogen-bond donors (Lipinski definition) is 1. The molecule has 1 aliphatic rings. The van der Waals surface area contributed by atoms with Gasteiger partial charge in [0.05, 0.1) is 10.5 Å². The maximum atomic E-state index is 10.4. The molecule has 1 aromatic rings. The SMILES string of the molecule is CC(O)(c1sccc1Br)C1CCC1. The Morgan fingerprint density at radius 1 is 1.62 bits per heavy atom. The van der Waals surface area contributed by atoms with Gasteiger partial charge in [-0.05, 0) is 53.1 Å². The summed E-state index contributed by atoms with van der Waals surface area (Å²) in [7, 11) is 0. The number of rotatable bonds is 2. The van der Waals surface area contributed by atoms with Gasteiger partial charge < -0.3 is 5.11 Å². The highest BCUT2D eigenvalue weighted by Gasteiger charge is 2.39. The summed E-state index contributed by atoms with van der Waals surface area (Å²) in [5.41, 5.74) is -0.620. The van der Waals surface area contributed by atoms with Crippen molar-refractivity contribution in [3.63, 3.8) is 0 Å². The van der Waals surface area contributed by atoms with Crippen molar-refractivity contribution >= 4 is 27.3 Å². The van der Waals surface area contributed by atoms with Gasteiger partial charge in [-0.1, -0.05) is 6.42 Å². The van der Waals surface area contributed by atoms with Crippen LogP contribution >= 0.6 is 27.3 Å². The molecule has 0 bridgehead atoms. The molecule has 1 atom stereocenters. The molecule has 1 aromatic heterocycles. The molecular weight excluding hydrogens is 248 g/mol. The van der Waals surface area contributed by atoms with Crippen LogP contribution in [0.4, 0.5) is 0 Å². The lowest BCUT2D eigenvalue weighted by molar-refractivity contribution is -0.0373. The molecule has 0 radical (unpaired) electrons. The molecule has 1 saturated carbocycles. The predicted molar refractivity (Wildman–Crippen MR) is 58.9 cm³/mol. The van der Waals surface area contributed by atoms with Crippen LogP contribution in [-0.4, -0.2) is 5.11 Å². The fraction of sp³-hybridized carbons (Fsp3) is 0.600. The Morgan fingerprint density at radius 2 is 2.31 bits per heavy atom. The number of halogens is 1. The first kappa shape index (κ1) is 9.69. The summed E-state index contributed by atoms with van der Waals surface area (Å²) in [6.45, 7) is 1.94. The Balaban J connectivity index is 2.27. The van der Waals surface area contributed by atoms with Crippen LogP contribution in [0.3, 0.4) is 0 Å². The second-order valence-electron chi connectivity index (χ2n) is 3.87. The van der Waals surface area contributed by atoms with Gasteiger partial charge in [0.15, 0.2) is 0 Å². The van der Waals surface area contributed by atoms with Gasteiger partial charge in [0, 0.05) is 4.47 Å². The monoisotopic (exact) mass is 260 g/mol. The highest BCUT2D eigenvalue weighted by Crippen LogP contribution is 2.46. The second-order valence-corrected chi connectivity index (χ2v) is 5.64. The first-order valence-corrected chi connectivity index (χ1v) is 6.25. The molecular formula is C10H13BrOS. The van der Waals surface area contributed by atoms with E-state index in [-0.39, 0.29) is 0 Å². The number of aliphatic hydroxyl groups is 1. The van der Waals surface area contributed by atoms with Gasteiger partial charge >= 0.3 is 0 Å². The molecule has 1 aliphatic carbocycles. The summed E-state index contributed by atoms with van der Waals surface area (Å²) in [5, 5.41) is 12.4. The molecule has 1 fully saturated rings. The molecule has 0 spiro atoms. The largest absolute Gasteiger partial charge is 0.384 e. The topological polar surface area (TPSA) is 20.2 Å². The summed E-state index contributed by atoms with van der Waals surface area (Å²) in [6, 6.07) is 2.01. The van der Waals surface area contributed by atoms with Crippen molar-refractivity contribution in [2.75, 3.05) is 0 Å². The van der Waals surface area contributed by atoms with E-state index in [4.69, 9.17) is 0 Å².